The highest BCUT2D eigenvalue weighted by Crippen LogP contribution is 2.49. The van der Waals surface area contributed by atoms with Crippen LogP contribution in [0, 0.1) is 5.92 Å². The van der Waals surface area contributed by atoms with Crippen molar-refractivity contribution < 1.29 is 34.5 Å². The molecule has 0 spiro atoms. The van der Waals surface area contributed by atoms with Crippen molar-refractivity contribution in [3.05, 3.63) is 35.5 Å². The van der Waals surface area contributed by atoms with E-state index in [2.05, 4.69) is 20.8 Å². The van der Waals surface area contributed by atoms with Crippen molar-refractivity contribution in [2.75, 3.05) is 17.6 Å². The van der Waals surface area contributed by atoms with Crippen LogP contribution in [0.15, 0.2) is 40.7 Å². The van der Waals surface area contributed by atoms with Gasteiger partial charge in [0.25, 0.3) is 5.91 Å². The molecular formula is C20H19N7O7S. The van der Waals surface area contributed by atoms with E-state index in [4.69, 9.17) is 0 Å². The van der Waals surface area contributed by atoms with E-state index < -0.39 is 36.0 Å². The van der Waals surface area contributed by atoms with Gasteiger partial charge in [-0.25, -0.2) is 14.3 Å². The third-order valence-electron chi connectivity index (χ3n) is 6.28. The van der Waals surface area contributed by atoms with Gasteiger partial charge in [0.05, 0.1) is 6.04 Å². The molecule has 2 aromatic rings. The lowest BCUT2D eigenvalue weighted by Gasteiger charge is -2.52. The summed E-state index contributed by atoms with van der Waals surface area (Å²) in [5, 5.41) is 42.8. The van der Waals surface area contributed by atoms with E-state index in [1.165, 1.54) is 33.8 Å². The minimum atomic E-state index is -1.25. The monoisotopic (exact) mass is 501 g/mol. The Morgan fingerprint density at radius 2 is 1.91 bits per heavy atom. The number of aromatic hydroxyl groups is 1. The normalized spacial score (nSPS) is 22.6. The average molecular weight is 501 g/mol. The molecule has 2 saturated heterocycles. The summed E-state index contributed by atoms with van der Waals surface area (Å²) in [6, 6.07) is 4.54. The van der Waals surface area contributed by atoms with Gasteiger partial charge in [0.2, 0.25) is 11.1 Å². The smallest absolute Gasteiger partial charge is 0.408 e. The van der Waals surface area contributed by atoms with E-state index in [9.17, 15) is 34.5 Å². The summed E-state index contributed by atoms with van der Waals surface area (Å²) in [4.78, 5) is 50.8. The van der Waals surface area contributed by atoms with Crippen LogP contribution in [0.3, 0.4) is 0 Å². The Kier molecular flexibility index (Phi) is 5.55. The van der Waals surface area contributed by atoms with E-state index in [1.807, 2.05) is 0 Å². The molecule has 182 valence electrons. The van der Waals surface area contributed by atoms with Crippen LogP contribution in [0.5, 0.6) is 5.75 Å². The van der Waals surface area contributed by atoms with Gasteiger partial charge in [-0.2, -0.15) is 0 Å². The molecule has 2 fully saturated rings. The highest BCUT2D eigenvalue weighted by atomic mass is 32.2. The minimum absolute atomic E-state index is 0.0653. The zero-order valence-electron chi connectivity index (χ0n) is 17.9. The molecule has 3 aliphatic rings. The number of aliphatic carboxylic acids is 1. The lowest BCUT2D eigenvalue weighted by atomic mass is 9.78. The Balaban J connectivity index is 1.30. The van der Waals surface area contributed by atoms with Crippen LogP contribution in [0.4, 0.5) is 10.5 Å². The van der Waals surface area contributed by atoms with Gasteiger partial charge in [0.15, 0.2) is 0 Å². The number of nitrogens with one attached hydrogen (secondary N) is 1. The Hall–Kier alpha value is -4.14. The Morgan fingerprint density at radius 1 is 1.17 bits per heavy atom. The number of amides is 3. The van der Waals surface area contributed by atoms with Gasteiger partial charge in [-0.1, -0.05) is 11.8 Å². The number of carboxylic acid groups (broad SMARTS) is 2. The number of hydrogen-bond donors (Lipinski definition) is 4. The first-order valence-corrected chi connectivity index (χ1v) is 11.5. The zero-order valence-corrected chi connectivity index (χ0v) is 18.8. The molecular weight excluding hydrogens is 482 g/mol. The number of piperidine rings is 1. The molecule has 0 aliphatic carbocycles. The largest absolute Gasteiger partial charge is 0.508 e. The molecule has 35 heavy (non-hydrogen) atoms. The van der Waals surface area contributed by atoms with Gasteiger partial charge in [-0.05, 0) is 46.7 Å². The SMILES string of the molecule is O=C(Cn1nnnc1SCC1=C(C(=O)O)N2C(=O)[C@@H]3[C@H]2C1CCN3C(=O)O)Nc1ccc(O)cc1. The number of likely N-dealkylation sites (tertiary alicyclic amines) is 1. The number of thioether (sulfide) groups is 1. The quantitative estimate of drug-likeness (QED) is 0.227. The maximum atomic E-state index is 12.6. The van der Waals surface area contributed by atoms with E-state index in [-0.39, 0.29) is 41.4 Å². The maximum Gasteiger partial charge on any atom is 0.408 e. The van der Waals surface area contributed by atoms with Crippen molar-refractivity contribution in [1.29, 1.82) is 0 Å². The van der Waals surface area contributed by atoms with Gasteiger partial charge >= 0.3 is 12.1 Å². The van der Waals surface area contributed by atoms with E-state index in [0.717, 1.165) is 16.7 Å². The zero-order chi connectivity index (χ0) is 24.9. The van der Waals surface area contributed by atoms with Crippen molar-refractivity contribution in [2.24, 2.45) is 5.92 Å². The number of phenolic OH excluding ortho intramolecular Hbond substituents is 1. The van der Waals surface area contributed by atoms with Crippen LogP contribution in [0.1, 0.15) is 6.42 Å². The number of benzene rings is 1. The third kappa shape index (κ3) is 3.82. The number of carbonyl (C=O) groups excluding carboxylic acids is 2. The van der Waals surface area contributed by atoms with Crippen molar-refractivity contribution in [3.63, 3.8) is 0 Å². The fourth-order valence-corrected chi connectivity index (χ4v) is 5.80. The molecule has 1 aromatic heterocycles. The Labute approximate surface area is 201 Å². The highest BCUT2D eigenvalue weighted by molar-refractivity contribution is 7.99. The van der Waals surface area contributed by atoms with Gasteiger partial charge in [0, 0.05) is 23.9 Å². The minimum Gasteiger partial charge on any atom is -0.508 e. The standard InChI is InChI=1S/C20H19N7O7S/c28-10-3-1-9(2-4-10)21-13(29)7-26-19(22-23-24-26)35-8-12-11-5-6-25(20(33)34)16-14(11)27(17(16)30)15(12)18(31)32/h1-4,11,14,16,28H,5-8H2,(H,21,29)(H,31,32)(H,33,34)/t11?,14-,16+/m1/s1. The van der Waals surface area contributed by atoms with Gasteiger partial charge in [-0.3, -0.25) is 19.4 Å². The summed E-state index contributed by atoms with van der Waals surface area (Å²) in [6.07, 6.45) is -0.810. The molecule has 5 rings (SSSR count). The number of aromatic nitrogens is 4. The van der Waals surface area contributed by atoms with E-state index in [1.54, 1.807) is 0 Å². The van der Waals surface area contributed by atoms with Crippen molar-refractivity contribution >= 4 is 41.3 Å². The molecule has 3 aliphatic heterocycles. The molecule has 0 saturated carbocycles. The number of anilines is 1. The number of rotatable bonds is 7. The molecule has 0 bridgehead atoms. The first kappa shape index (κ1) is 22.6. The molecule has 15 heteroatoms. The van der Waals surface area contributed by atoms with Crippen LogP contribution in [0.2, 0.25) is 0 Å². The predicted molar refractivity (Wildman–Crippen MR) is 117 cm³/mol. The summed E-state index contributed by atoms with van der Waals surface area (Å²) in [5.74, 6) is -2.25. The number of tetrazole rings is 1. The number of phenols is 1. The Morgan fingerprint density at radius 3 is 2.60 bits per heavy atom. The van der Waals surface area contributed by atoms with Gasteiger partial charge in [-0.15, -0.1) is 5.10 Å². The molecule has 1 aromatic carbocycles. The number of carbonyl (C=O) groups is 4. The molecule has 0 radical (unpaired) electrons. The molecule has 4 N–H and O–H groups in total. The molecule has 4 heterocycles. The fourth-order valence-electron chi connectivity index (χ4n) is 4.82. The average Bonchev–Trinajstić information content (AvgIpc) is 3.38. The second-order valence-corrected chi connectivity index (χ2v) is 9.14. The summed E-state index contributed by atoms with van der Waals surface area (Å²) < 4.78 is 1.27. The number of nitrogens with zero attached hydrogens (tertiary/aromatic N) is 6. The molecule has 1 unspecified atom stereocenters. The predicted octanol–water partition coefficient (Wildman–Crippen LogP) is 0.0411. The summed E-state index contributed by atoms with van der Waals surface area (Å²) in [7, 11) is 0. The second kappa shape index (κ2) is 8.57. The highest BCUT2D eigenvalue weighted by Gasteiger charge is 2.64. The van der Waals surface area contributed by atoms with Crippen LogP contribution in [0.25, 0.3) is 0 Å². The Bertz CT molecular complexity index is 1260. The van der Waals surface area contributed by atoms with E-state index >= 15 is 0 Å². The van der Waals surface area contributed by atoms with Gasteiger partial charge in [0.1, 0.15) is 24.0 Å². The van der Waals surface area contributed by atoms with Crippen molar-refractivity contribution in [3.8, 4) is 5.75 Å². The summed E-state index contributed by atoms with van der Waals surface area (Å²) >= 11 is 1.13. The van der Waals surface area contributed by atoms with Crippen molar-refractivity contribution in [2.45, 2.75) is 30.2 Å². The maximum absolute atomic E-state index is 12.6. The second-order valence-electron chi connectivity index (χ2n) is 8.20. The van der Waals surface area contributed by atoms with E-state index in [0.29, 0.717) is 17.7 Å². The number of carboxylic acids is 1. The van der Waals surface area contributed by atoms with Crippen molar-refractivity contribution in [1.82, 2.24) is 30.0 Å². The molecule has 3 atom stereocenters. The number of β-lactam (4-membered cyclic amide) rings is 1. The number of hydrogen-bond acceptors (Lipinski definition) is 9. The lowest BCUT2D eigenvalue weighted by molar-refractivity contribution is -0.161. The van der Waals surface area contributed by atoms with Crippen LogP contribution < -0.4 is 5.32 Å². The lowest BCUT2D eigenvalue weighted by Crippen LogP contribution is -2.73. The molecule has 3 amide bonds. The first-order valence-electron chi connectivity index (χ1n) is 10.5. The summed E-state index contributed by atoms with van der Waals surface area (Å²) in [6.45, 7) is -0.0651. The summed E-state index contributed by atoms with van der Waals surface area (Å²) in [5.41, 5.74) is 0.885. The fraction of sp³-hybridized carbons (Fsp3) is 0.350. The van der Waals surface area contributed by atoms with Crippen LogP contribution >= 0.6 is 11.8 Å². The first-order chi connectivity index (χ1) is 16.8. The molecule has 14 nitrogen and oxygen atoms in total. The third-order valence-corrected chi connectivity index (χ3v) is 7.29. The van der Waals surface area contributed by atoms with Gasteiger partial charge < -0.3 is 20.6 Å². The topological polar surface area (TPSA) is 191 Å². The van der Waals surface area contributed by atoms with Crippen LogP contribution in [-0.2, 0) is 20.9 Å². The van der Waals surface area contributed by atoms with Crippen LogP contribution in [-0.4, -0.2) is 93.6 Å².